The van der Waals surface area contributed by atoms with Gasteiger partial charge in [0.15, 0.2) is 0 Å². The van der Waals surface area contributed by atoms with Crippen molar-refractivity contribution < 1.29 is 15.0 Å². The summed E-state index contributed by atoms with van der Waals surface area (Å²) in [4.78, 5) is 11.1. The van der Waals surface area contributed by atoms with Crippen LogP contribution in [0.5, 0.6) is 0 Å². The molecule has 3 heteroatoms. The van der Waals surface area contributed by atoms with E-state index in [0.29, 0.717) is 6.42 Å². The molecule has 0 heterocycles. The van der Waals surface area contributed by atoms with Gasteiger partial charge in [-0.25, -0.2) is 0 Å². The Morgan fingerprint density at radius 2 is 1.86 bits per heavy atom. The van der Waals surface area contributed by atoms with Crippen molar-refractivity contribution in [2.45, 2.75) is 51.0 Å². The third-order valence-electron chi connectivity index (χ3n) is 4.12. The first-order chi connectivity index (χ1) is 6.64. The summed E-state index contributed by atoms with van der Waals surface area (Å²) in [5, 5.41) is 18.7. The number of aliphatic hydroxyl groups excluding tert-OH is 1. The molecule has 80 valence electrons. The second-order valence-corrected chi connectivity index (χ2v) is 4.89. The SMILES string of the molecule is O=C(O)C1CC(O)CCC12CCCC2. The summed E-state index contributed by atoms with van der Waals surface area (Å²) < 4.78 is 0. The third-order valence-corrected chi connectivity index (χ3v) is 4.12. The lowest BCUT2D eigenvalue weighted by molar-refractivity contribution is -0.151. The van der Waals surface area contributed by atoms with E-state index in [1.807, 2.05) is 0 Å². The fourth-order valence-corrected chi connectivity index (χ4v) is 3.31. The van der Waals surface area contributed by atoms with E-state index in [4.69, 9.17) is 0 Å². The molecule has 0 amide bonds. The molecule has 0 bridgehead atoms. The maximum Gasteiger partial charge on any atom is 0.307 e. The molecule has 0 aromatic carbocycles. The van der Waals surface area contributed by atoms with Gasteiger partial charge in [0.25, 0.3) is 0 Å². The van der Waals surface area contributed by atoms with E-state index in [1.54, 1.807) is 0 Å². The van der Waals surface area contributed by atoms with E-state index in [1.165, 1.54) is 12.8 Å². The molecule has 2 unspecified atom stereocenters. The minimum atomic E-state index is -0.703. The van der Waals surface area contributed by atoms with Gasteiger partial charge in [-0.2, -0.15) is 0 Å². The lowest BCUT2D eigenvalue weighted by Crippen LogP contribution is -2.41. The predicted molar refractivity (Wildman–Crippen MR) is 51.9 cm³/mol. The first-order valence-corrected chi connectivity index (χ1v) is 5.55. The average Bonchev–Trinajstić information content (AvgIpc) is 2.59. The highest BCUT2D eigenvalue weighted by molar-refractivity contribution is 5.71. The van der Waals surface area contributed by atoms with Gasteiger partial charge in [-0.05, 0) is 37.5 Å². The average molecular weight is 198 g/mol. The summed E-state index contributed by atoms with van der Waals surface area (Å²) >= 11 is 0. The highest BCUT2D eigenvalue weighted by atomic mass is 16.4. The Bertz CT molecular complexity index is 231. The van der Waals surface area contributed by atoms with Gasteiger partial charge in [0, 0.05) is 0 Å². The molecule has 0 aliphatic heterocycles. The van der Waals surface area contributed by atoms with Crippen molar-refractivity contribution in [1.82, 2.24) is 0 Å². The molecule has 1 spiro atoms. The van der Waals surface area contributed by atoms with Crippen molar-refractivity contribution >= 4 is 5.97 Å². The molecule has 2 saturated carbocycles. The Balaban J connectivity index is 2.17. The van der Waals surface area contributed by atoms with Crippen molar-refractivity contribution in [2.24, 2.45) is 11.3 Å². The van der Waals surface area contributed by atoms with Crippen LogP contribution in [0.4, 0.5) is 0 Å². The first-order valence-electron chi connectivity index (χ1n) is 5.55. The van der Waals surface area contributed by atoms with Crippen LogP contribution in [0.3, 0.4) is 0 Å². The van der Waals surface area contributed by atoms with E-state index in [9.17, 15) is 15.0 Å². The molecule has 2 atom stereocenters. The zero-order valence-corrected chi connectivity index (χ0v) is 8.41. The Kier molecular flexibility index (Phi) is 2.52. The molecule has 3 nitrogen and oxygen atoms in total. The van der Waals surface area contributed by atoms with Crippen molar-refractivity contribution in [3.8, 4) is 0 Å². The molecule has 2 N–H and O–H groups in total. The van der Waals surface area contributed by atoms with E-state index in [2.05, 4.69) is 0 Å². The molecular weight excluding hydrogens is 180 g/mol. The lowest BCUT2D eigenvalue weighted by Gasteiger charge is -2.40. The Hall–Kier alpha value is -0.570. The molecule has 0 aromatic rings. The van der Waals surface area contributed by atoms with Crippen LogP contribution in [-0.4, -0.2) is 22.3 Å². The van der Waals surface area contributed by atoms with Crippen LogP contribution in [-0.2, 0) is 4.79 Å². The maximum absolute atomic E-state index is 11.1. The topological polar surface area (TPSA) is 57.5 Å². The normalized spacial score (nSPS) is 36.1. The van der Waals surface area contributed by atoms with Gasteiger partial charge in [0.1, 0.15) is 0 Å². The van der Waals surface area contributed by atoms with Crippen molar-refractivity contribution in [3.05, 3.63) is 0 Å². The number of hydrogen-bond donors (Lipinski definition) is 2. The quantitative estimate of drug-likeness (QED) is 0.675. The van der Waals surface area contributed by atoms with Gasteiger partial charge in [-0.15, -0.1) is 0 Å². The number of carboxylic acids is 1. The van der Waals surface area contributed by atoms with Gasteiger partial charge >= 0.3 is 5.97 Å². The lowest BCUT2D eigenvalue weighted by atomic mass is 9.64. The Morgan fingerprint density at radius 1 is 1.21 bits per heavy atom. The Labute approximate surface area is 84.1 Å². The molecule has 0 aromatic heterocycles. The van der Waals surface area contributed by atoms with Crippen LogP contribution in [0.2, 0.25) is 0 Å². The van der Waals surface area contributed by atoms with Gasteiger partial charge in [0.05, 0.1) is 12.0 Å². The molecule has 2 aliphatic carbocycles. The minimum Gasteiger partial charge on any atom is -0.481 e. The van der Waals surface area contributed by atoms with Crippen LogP contribution in [0.15, 0.2) is 0 Å². The van der Waals surface area contributed by atoms with E-state index in [0.717, 1.165) is 25.7 Å². The van der Waals surface area contributed by atoms with Gasteiger partial charge in [-0.3, -0.25) is 4.79 Å². The monoisotopic (exact) mass is 198 g/mol. The molecule has 0 radical (unpaired) electrons. The summed E-state index contributed by atoms with van der Waals surface area (Å²) in [6.45, 7) is 0. The summed E-state index contributed by atoms with van der Waals surface area (Å²) in [5.74, 6) is -1.00. The van der Waals surface area contributed by atoms with E-state index < -0.39 is 5.97 Å². The number of rotatable bonds is 1. The number of hydrogen-bond acceptors (Lipinski definition) is 2. The maximum atomic E-state index is 11.1. The second-order valence-electron chi connectivity index (χ2n) is 4.89. The van der Waals surface area contributed by atoms with E-state index in [-0.39, 0.29) is 17.4 Å². The summed E-state index contributed by atoms with van der Waals surface area (Å²) in [7, 11) is 0. The summed E-state index contributed by atoms with van der Waals surface area (Å²) in [6, 6.07) is 0. The number of aliphatic carboxylic acids is 1. The molecule has 2 rings (SSSR count). The number of carboxylic acid groups (broad SMARTS) is 1. The first kappa shape index (κ1) is 9.97. The van der Waals surface area contributed by atoms with Gasteiger partial charge in [-0.1, -0.05) is 12.8 Å². The number of aliphatic hydroxyl groups is 1. The minimum absolute atomic E-state index is 0.0328. The highest BCUT2D eigenvalue weighted by Crippen LogP contribution is 2.52. The highest BCUT2D eigenvalue weighted by Gasteiger charge is 2.48. The van der Waals surface area contributed by atoms with Gasteiger partial charge in [0.2, 0.25) is 0 Å². The second kappa shape index (κ2) is 3.54. The number of carbonyl (C=O) groups is 1. The fourth-order valence-electron chi connectivity index (χ4n) is 3.31. The Morgan fingerprint density at radius 3 is 2.43 bits per heavy atom. The molecular formula is C11H18O3. The largest absolute Gasteiger partial charge is 0.481 e. The van der Waals surface area contributed by atoms with Crippen molar-refractivity contribution in [2.75, 3.05) is 0 Å². The molecule has 14 heavy (non-hydrogen) atoms. The summed E-state index contributed by atoms with van der Waals surface area (Å²) in [6.07, 6.45) is 6.22. The van der Waals surface area contributed by atoms with Crippen LogP contribution >= 0.6 is 0 Å². The van der Waals surface area contributed by atoms with Crippen LogP contribution in [0.1, 0.15) is 44.9 Å². The smallest absolute Gasteiger partial charge is 0.307 e. The van der Waals surface area contributed by atoms with Crippen LogP contribution in [0.25, 0.3) is 0 Å². The van der Waals surface area contributed by atoms with Crippen LogP contribution < -0.4 is 0 Å². The van der Waals surface area contributed by atoms with Gasteiger partial charge < -0.3 is 10.2 Å². The van der Waals surface area contributed by atoms with E-state index >= 15 is 0 Å². The van der Waals surface area contributed by atoms with Crippen molar-refractivity contribution in [3.63, 3.8) is 0 Å². The van der Waals surface area contributed by atoms with Crippen LogP contribution in [0, 0.1) is 11.3 Å². The molecule has 2 fully saturated rings. The zero-order valence-electron chi connectivity index (χ0n) is 8.41. The zero-order chi connectivity index (χ0) is 10.2. The fraction of sp³-hybridized carbons (Fsp3) is 0.909. The van der Waals surface area contributed by atoms with Crippen molar-refractivity contribution in [1.29, 1.82) is 0 Å². The summed E-state index contributed by atoms with van der Waals surface area (Å²) in [5.41, 5.74) is 0.0328. The molecule has 2 aliphatic rings. The standard InChI is InChI=1S/C11H18O3/c12-8-3-6-11(4-1-2-5-11)9(7-8)10(13)14/h8-9,12H,1-7H2,(H,13,14). The predicted octanol–water partition coefficient (Wildman–Crippen LogP) is 1.79. The molecule has 0 saturated heterocycles. The third kappa shape index (κ3) is 1.54.